The molecular formula is C16H10ClF3N4O2. The van der Waals surface area contributed by atoms with Crippen molar-refractivity contribution < 1.29 is 22.8 Å². The molecule has 26 heavy (non-hydrogen) atoms. The molecule has 0 unspecified atom stereocenters. The molecular weight excluding hydrogens is 373 g/mol. The second kappa shape index (κ2) is 6.68. The fraction of sp³-hybridized carbons (Fsp3) is 0.0625. The Labute approximate surface area is 150 Å². The summed E-state index contributed by atoms with van der Waals surface area (Å²) in [5.41, 5.74) is 1.91. The number of nitrogens with zero attached hydrogens (tertiary/aromatic N) is 1. The Balaban J connectivity index is 1.73. The largest absolute Gasteiger partial charge is 0.417 e. The third-order valence-electron chi connectivity index (χ3n) is 3.44. The Morgan fingerprint density at radius 2 is 1.88 bits per heavy atom. The minimum Gasteiger partial charge on any atom is -0.320 e. The second-order valence-electron chi connectivity index (χ2n) is 5.22. The predicted molar refractivity (Wildman–Crippen MR) is 90.2 cm³/mol. The lowest BCUT2D eigenvalue weighted by Gasteiger charge is -2.11. The number of alkyl halides is 3. The Hall–Kier alpha value is -3.07. The molecule has 3 N–H and O–H groups in total. The van der Waals surface area contributed by atoms with Crippen LogP contribution in [0.4, 0.5) is 29.3 Å². The van der Waals surface area contributed by atoms with E-state index in [2.05, 4.69) is 21.2 Å². The number of urea groups is 1. The van der Waals surface area contributed by atoms with Crippen LogP contribution in [0.2, 0.25) is 5.02 Å². The maximum absolute atomic E-state index is 12.8. The van der Waals surface area contributed by atoms with Crippen LogP contribution in [0.1, 0.15) is 11.1 Å². The molecule has 0 fully saturated rings. The third kappa shape index (κ3) is 3.62. The van der Waals surface area contributed by atoms with Crippen molar-refractivity contribution in [3.63, 3.8) is 0 Å². The Kier molecular flexibility index (Phi) is 4.56. The van der Waals surface area contributed by atoms with Gasteiger partial charge in [-0.05, 0) is 24.3 Å². The van der Waals surface area contributed by atoms with Gasteiger partial charge < -0.3 is 10.6 Å². The Bertz CT molecular complexity index is 928. The normalized spacial score (nSPS) is 14.8. The van der Waals surface area contributed by atoms with Crippen LogP contribution in [0.25, 0.3) is 0 Å². The lowest BCUT2D eigenvalue weighted by atomic mass is 10.1. The Morgan fingerprint density at radius 3 is 2.62 bits per heavy atom. The first kappa shape index (κ1) is 17.7. The number of rotatable bonds is 2. The molecule has 0 bridgehead atoms. The van der Waals surface area contributed by atoms with Crippen molar-refractivity contribution >= 4 is 40.6 Å². The molecule has 0 saturated heterocycles. The number of anilines is 2. The number of halogens is 4. The van der Waals surface area contributed by atoms with Crippen LogP contribution >= 0.6 is 11.6 Å². The molecule has 0 radical (unpaired) electrons. The van der Waals surface area contributed by atoms with Crippen LogP contribution in [0.15, 0.2) is 47.6 Å². The standard InChI is InChI=1S/C16H10ClF3N4O2/c17-11-6-5-8(7-10(11)16(18,19)20)21-15(26)24-23-13-9-3-1-2-4-12(9)22-14(13)25/h1-7H,(H2,21,24,26)(H,22,23,25). The fourth-order valence-electron chi connectivity index (χ4n) is 2.30. The summed E-state index contributed by atoms with van der Waals surface area (Å²) >= 11 is 5.51. The van der Waals surface area contributed by atoms with E-state index in [1.54, 1.807) is 24.3 Å². The van der Waals surface area contributed by atoms with Crippen LogP contribution in [0.3, 0.4) is 0 Å². The molecule has 0 atom stereocenters. The van der Waals surface area contributed by atoms with E-state index in [-0.39, 0.29) is 11.4 Å². The molecule has 134 valence electrons. The average molecular weight is 383 g/mol. The van der Waals surface area contributed by atoms with E-state index in [1.807, 2.05) is 0 Å². The topological polar surface area (TPSA) is 82.6 Å². The second-order valence-corrected chi connectivity index (χ2v) is 5.63. The minimum absolute atomic E-state index is 0.0113. The van der Waals surface area contributed by atoms with Gasteiger partial charge in [-0.25, -0.2) is 10.2 Å². The molecule has 3 amide bonds. The van der Waals surface area contributed by atoms with Crippen molar-refractivity contribution in [3.8, 4) is 0 Å². The van der Waals surface area contributed by atoms with E-state index in [0.717, 1.165) is 6.07 Å². The van der Waals surface area contributed by atoms with Crippen molar-refractivity contribution in [2.24, 2.45) is 5.10 Å². The van der Waals surface area contributed by atoms with Crippen LogP contribution in [0, 0.1) is 0 Å². The summed E-state index contributed by atoms with van der Waals surface area (Å²) in [5.74, 6) is -0.502. The van der Waals surface area contributed by atoms with Gasteiger partial charge in [0, 0.05) is 11.3 Å². The van der Waals surface area contributed by atoms with Gasteiger partial charge >= 0.3 is 12.2 Å². The number of para-hydroxylation sites is 1. The van der Waals surface area contributed by atoms with Crippen LogP contribution < -0.4 is 16.1 Å². The quantitative estimate of drug-likeness (QED) is 0.690. The van der Waals surface area contributed by atoms with Crippen molar-refractivity contribution in [2.75, 3.05) is 10.6 Å². The molecule has 0 aliphatic carbocycles. The van der Waals surface area contributed by atoms with Gasteiger partial charge in [-0.15, -0.1) is 0 Å². The van der Waals surface area contributed by atoms with E-state index in [1.165, 1.54) is 6.07 Å². The van der Waals surface area contributed by atoms with Gasteiger partial charge in [0.25, 0.3) is 5.91 Å². The maximum Gasteiger partial charge on any atom is 0.417 e. The minimum atomic E-state index is -4.66. The highest BCUT2D eigenvalue weighted by atomic mass is 35.5. The molecule has 6 nitrogen and oxygen atoms in total. The fourth-order valence-corrected chi connectivity index (χ4v) is 2.52. The van der Waals surface area contributed by atoms with Crippen LogP contribution in [-0.4, -0.2) is 17.6 Å². The number of hydrogen-bond acceptors (Lipinski definition) is 3. The molecule has 0 saturated carbocycles. The molecule has 1 aliphatic rings. The van der Waals surface area contributed by atoms with Crippen molar-refractivity contribution in [1.82, 2.24) is 5.43 Å². The van der Waals surface area contributed by atoms with E-state index in [4.69, 9.17) is 11.6 Å². The summed E-state index contributed by atoms with van der Waals surface area (Å²) < 4.78 is 38.5. The van der Waals surface area contributed by atoms with E-state index < -0.39 is 28.7 Å². The Morgan fingerprint density at radius 1 is 1.15 bits per heavy atom. The zero-order valence-corrected chi connectivity index (χ0v) is 13.6. The predicted octanol–water partition coefficient (Wildman–Crippen LogP) is 3.84. The molecule has 0 aromatic heterocycles. The van der Waals surface area contributed by atoms with Crippen LogP contribution in [0.5, 0.6) is 0 Å². The highest BCUT2D eigenvalue weighted by Crippen LogP contribution is 2.36. The number of hydrogen-bond donors (Lipinski definition) is 3. The first-order valence-corrected chi connectivity index (χ1v) is 7.55. The molecule has 3 rings (SSSR count). The zero-order chi connectivity index (χ0) is 18.9. The van der Waals surface area contributed by atoms with Gasteiger partial charge in [0.1, 0.15) is 0 Å². The number of benzene rings is 2. The van der Waals surface area contributed by atoms with Crippen molar-refractivity contribution in [3.05, 3.63) is 58.6 Å². The summed E-state index contributed by atoms with van der Waals surface area (Å²) in [4.78, 5) is 23.7. The smallest absolute Gasteiger partial charge is 0.320 e. The van der Waals surface area contributed by atoms with E-state index in [0.29, 0.717) is 17.3 Å². The molecule has 1 heterocycles. The summed E-state index contributed by atoms with van der Waals surface area (Å²) in [6.45, 7) is 0. The third-order valence-corrected chi connectivity index (χ3v) is 3.77. The van der Waals surface area contributed by atoms with Crippen molar-refractivity contribution in [1.29, 1.82) is 0 Å². The number of fused-ring (bicyclic) bond motifs is 1. The molecule has 2 aromatic rings. The molecule has 2 aromatic carbocycles. The zero-order valence-electron chi connectivity index (χ0n) is 12.8. The number of carbonyl (C=O) groups is 2. The van der Waals surface area contributed by atoms with Gasteiger partial charge in [0.2, 0.25) is 0 Å². The van der Waals surface area contributed by atoms with Gasteiger partial charge in [-0.2, -0.15) is 18.3 Å². The first-order valence-electron chi connectivity index (χ1n) is 7.18. The van der Waals surface area contributed by atoms with Crippen molar-refractivity contribution in [2.45, 2.75) is 6.18 Å². The average Bonchev–Trinajstić information content (AvgIpc) is 2.89. The lowest BCUT2D eigenvalue weighted by Crippen LogP contribution is -2.27. The summed E-state index contributed by atoms with van der Waals surface area (Å²) in [5, 5.41) is 8.01. The maximum atomic E-state index is 12.8. The van der Waals surface area contributed by atoms with E-state index in [9.17, 15) is 22.8 Å². The highest BCUT2D eigenvalue weighted by Gasteiger charge is 2.33. The monoisotopic (exact) mass is 382 g/mol. The lowest BCUT2D eigenvalue weighted by molar-refractivity contribution is -0.137. The summed E-state index contributed by atoms with van der Waals surface area (Å²) in [6.07, 6.45) is -4.66. The number of hydrazone groups is 1. The number of carbonyl (C=O) groups excluding carboxylic acids is 2. The molecule has 10 heteroatoms. The van der Waals surface area contributed by atoms with Gasteiger partial charge in [0.05, 0.1) is 16.3 Å². The number of nitrogens with one attached hydrogen (secondary N) is 3. The van der Waals surface area contributed by atoms with E-state index >= 15 is 0 Å². The molecule has 1 aliphatic heterocycles. The van der Waals surface area contributed by atoms with Crippen LogP contribution in [-0.2, 0) is 11.0 Å². The first-order chi connectivity index (χ1) is 12.3. The number of amides is 3. The highest BCUT2D eigenvalue weighted by molar-refractivity contribution is 6.53. The molecule has 0 spiro atoms. The SMILES string of the molecule is O=C(NN=C1C(=O)Nc2ccccc21)Nc1ccc(Cl)c(C(F)(F)F)c1. The van der Waals surface area contributed by atoms with Gasteiger partial charge in [-0.3, -0.25) is 4.79 Å². The summed E-state index contributed by atoms with van der Waals surface area (Å²) in [6, 6.07) is 8.75. The van der Waals surface area contributed by atoms with Gasteiger partial charge in [0.15, 0.2) is 5.71 Å². The summed E-state index contributed by atoms with van der Waals surface area (Å²) in [7, 11) is 0. The van der Waals surface area contributed by atoms with Gasteiger partial charge in [-0.1, -0.05) is 29.8 Å².